The van der Waals surface area contributed by atoms with Crippen molar-refractivity contribution in [2.24, 2.45) is 7.05 Å². The summed E-state index contributed by atoms with van der Waals surface area (Å²) in [6.07, 6.45) is 6.04. The molecule has 3 heterocycles. The molecule has 2 aromatic heterocycles. The number of nitro groups is 1. The molecule has 0 spiro atoms. The maximum Gasteiger partial charge on any atom is 0.270 e. The Morgan fingerprint density at radius 1 is 1.28 bits per heavy atom. The molecular weight excluding hydrogens is 370 g/mol. The van der Waals surface area contributed by atoms with E-state index in [0.717, 1.165) is 43.1 Å². The Labute approximate surface area is 168 Å². The van der Waals surface area contributed by atoms with E-state index in [1.165, 1.54) is 12.1 Å². The van der Waals surface area contributed by atoms with E-state index >= 15 is 0 Å². The molecule has 9 nitrogen and oxygen atoms in total. The van der Waals surface area contributed by atoms with Crippen molar-refractivity contribution in [1.29, 1.82) is 0 Å². The van der Waals surface area contributed by atoms with Crippen LogP contribution >= 0.6 is 0 Å². The standard InChI is InChI=1S/C20H23N7O2/c1-14-9-19(24-20(22-14)15-5-3-7-17(10-15)27(28)29)23-16-6-4-8-26(12-16)18-11-21-25(2)13-18/h3,5,7,9-11,13,16H,4,6,8,12H2,1-2H3,(H,22,23,24). The van der Waals surface area contributed by atoms with Crippen LogP contribution in [0.5, 0.6) is 0 Å². The number of nitro benzene ring substituents is 1. The van der Waals surface area contributed by atoms with E-state index in [1.807, 2.05) is 37.1 Å². The van der Waals surface area contributed by atoms with Crippen molar-refractivity contribution in [2.45, 2.75) is 25.8 Å². The van der Waals surface area contributed by atoms with Crippen LogP contribution in [0.15, 0.2) is 42.7 Å². The average molecular weight is 393 g/mol. The lowest BCUT2D eigenvalue weighted by molar-refractivity contribution is -0.384. The van der Waals surface area contributed by atoms with E-state index in [2.05, 4.69) is 25.3 Å². The Balaban J connectivity index is 1.53. The van der Waals surface area contributed by atoms with Gasteiger partial charge in [0, 0.05) is 61.8 Å². The first-order chi connectivity index (χ1) is 14.0. The molecular formula is C20H23N7O2. The molecule has 1 aliphatic rings. The Morgan fingerprint density at radius 3 is 2.90 bits per heavy atom. The average Bonchev–Trinajstić information content (AvgIpc) is 3.14. The summed E-state index contributed by atoms with van der Waals surface area (Å²) in [6, 6.07) is 8.56. The van der Waals surface area contributed by atoms with Crippen LogP contribution < -0.4 is 10.2 Å². The lowest BCUT2D eigenvalue weighted by Crippen LogP contribution is -2.42. The minimum absolute atomic E-state index is 0.0292. The number of piperidine rings is 1. The lowest BCUT2D eigenvalue weighted by atomic mass is 10.1. The lowest BCUT2D eigenvalue weighted by Gasteiger charge is -2.34. The third kappa shape index (κ3) is 4.34. The van der Waals surface area contributed by atoms with Crippen molar-refractivity contribution in [3.8, 4) is 11.4 Å². The van der Waals surface area contributed by atoms with Crippen LogP contribution in [0.4, 0.5) is 17.2 Å². The number of hydrogen-bond donors (Lipinski definition) is 1. The quantitative estimate of drug-likeness (QED) is 0.525. The third-order valence-electron chi connectivity index (χ3n) is 5.00. The summed E-state index contributed by atoms with van der Waals surface area (Å²) >= 11 is 0. The van der Waals surface area contributed by atoms with Gasteiger partial charge in [0.1, 0.15) is 5.82 Å². The predicted octanol–water partition coefficient (Wildman–Crippen LogP) is 3.17. The molecule has 1 N–H and O–H groups in total. The molecule has 1 fully saturated rings. The van der Waals surface area contributed by atoms with Crippen molar-refractivity contribution in [3.63, 3.8) is 0 Å². The second-order valence-electron chi connectivity index (χ2n) is 7.33. The van der Waals surface area contributed by atoms with Gasteiger partial charge >= 0.3 is 0 Å². The van der Waals surface area contributed by atoms with Crippen molar-refractivity contribution in [2.75, 3.05) is 23.3 Å². The molecule has 150 valence electrons. The van der Waals surface area contributed by atoms with Crippen LogP contribution in [0.25, 0.3) is 11.4 Å². The highest BCUT2D eigenvalue weighted by molar-refractivity contribution is 5.61. The number of nitrogens with zero attached hydrogens (tertiary/aromatic N) is 6. The van der Waals surface area contributed by atoms with Crippen LogP contribution in [-0.2, 0) is 7.05 Å². The highest BCUT2D eigenvalue weighted by Gasteiger charge is 2.21. The molecule has 1 aromatic carbocycles. The summed E-state index contributed by atoms with van der Waals surface area (Å²) in [7, 11) is 1.92. The maximum absolute atomic E-state index is 11.1. The first-order valence-corrected chi connectivity index (χ1v) is 9.58. The van der Waals surface area contributed by atoms with Gasteiger partial charge in [0.2, 0.25) is 0 Å². The van der Waals surface area contributed by atoms with Gasteiger partial charge in [0.15, 0.2) is 5.82 Å². The molecule has 0 radical (unpaired) electrons. The molecule has 1 atom stereocenters. The first-order valence-electron chi connectivity index (χ1n) is 9.58. The van der Waals surface area contributed by atoms with Gasteiger partial charge in [-0.2, -0.15) is 5.10 Å². The second-order valence-corrected chi connectivity index (χ2v) is 7.33. The van der Waals surface area contributed by atoms with E-state index < -0.39 is 4.92 Å². The van der Waals surface area contributed by atoms with Crippen molar-refractivity contribution < 1.29 is 4.92 Å². The molecule has 1 unspecified atom stereocenters. The van der Waals surface area contributed by atoms with Crippen molar-refractivity contribution in [3.05, 3.63) is 58.5 Å². The van der Waals surface area contributed by atoms with Gasteiger partial charge in [-0.3, -0.25) is 14.8 Å². The van der Waals surface area contributed by atoms with Crippen LogP contribution in [0.1, 0.15) is 18.5 Å². The Bertz CT molecular complexity index is 1030. The van der Waals surface area contributed by atoms with Crippen LogP contribution in [0, 0.1) is 17.0 Å². The van der Waals surface area contributed by atoms with E-state index in [9.17, 15) is 10.1 Å². The van der Waals surface area contributed by atoms with E-state index in [0.29, 0.717) is 11.4 Å². The molecule has 4 rings (SSSR count). The monoisotopic (exact) mass is 393 g/mol. The smallest absolute Gasteiger partial charge is 0.270 e. The molecule has 1 saturated heterocycles. The number of anilines is 2. The van der Waals surface area contributed by atoms with Gasteiger partial charge in [0.05, 0.1) is 16.8 Å². The summed E-state index contributed by atoms with van der Waals surface area (Å²) in [4.78, 5) is 22.1. The fourth-order valence-corrected chi connectivity index (χ4v) is 3.64. The minimum atomic E-state index is -0.409. The zero-order valence-electron chi connectivity index (χ0n) is 16.4. The van der Waals surface area contributed by atoms with Crippen LogP contribution in [0.3, 0.4) is 0 Å². The molecule has 0 aliphatic carbocycles. The van der Waals surface area contributed by atoms with Crippen molar-refractivity contribution >= 4 is 17.2 Å². The number of rotatable bonds is 5. The van der Waals surface area contributed by atoms with Crippen LogP contribution in [-0.4, -0.2) is 43.8 Å². The van der Waals surface area contributed by atoms with Gasteiger partial charge in [-0.05, 0) is 19.8 Å². The Morgan fingerprint density at radius 2 is 2.14 bits per heavy atom. The highest BCUT2D eigenvalue weighted by atomic mass is 16.6. The fourth-order valence-electron chi connectivity index (χ4n) is 3.64. The molecule has 0 bridgehead atoms. The van der Waals surface area contributed by atoms with Gasteiger partial charge < -0.3 is 10.2 Å². The highest BCUT2D eigenvalue weighted by Crippen LogP contribution is 2.24. The van der Waals surface area contributed by atoms with Gasteiger partial charge in [-0.1, -0.05) is 12.1 Å². The fraction of sp³-hybridized carbons (Fsp3) is 0.350. The summed E-state index contributed by atoms with van der Waals surface area (Å²) in [5.41, 5.74) is 2.59. The van der Waals surface area contributed by atoms with Gasteiger partial charge in [0.25, 0.3) is 5.69 Å². The number of benzene rings is 1. The summed E-state index contributed by atoms with van der Waals surface area (Å²) < 4.78 is 1.81. The van der Waals surface area contributed by atoms with Gasteiger partial charge in [-0.15, -0.1) is 0 Å². The van der Waals surface area contributed by atoms with E-state index in [4.69, 9.17) is 0 Å². The minimum Gasteiger partial charge on any atom is -0.367 e. The molecule has 0 saturated carbocycles. The normalized spacial score (nSPS) is 16.6. The number of non-ortho nitro benzene ring substituents is 1. The molecule has 29 heavy (non-hydrogen) atoms. The Kier molecular flexibility index (Phi) is 5.11. The summed E-state index contributed by atoms with van der Waals surface area (Å²) in [5.74, 6) is 1.22. The third-order valence-corrected chi connectivity index (χ3v) is 5.00. The molecule has 1 aliphatic heterocycles. The van der Waals surface area contributed by atoms with E-state index in [-0.39, 0.29) is 11.7 Å². The molecule has 9 heteroatoms. The summed E-state index contributed by atoms with van der Waals surface area (Å²) in [6.45, 7) is 3.77. The van der Waals surface area contributed by atoms with Crippen molar-refractivity contribution in [1.82, 2.24) is 19.7 Å². The van der Waals surface area contributed by atoms with E-state index in [1.54, 1.807) is 12.1 Å². The predicted molar refractivity (Wildman–Crippen MR) is 111 cm³/mol. The SMILES string of the molecule is Cc1cc(NC2CCCN(c3cnn(C)c3)C2)nc(-c2cccc([N+](=O)[O-])c2)n1. The summed E-state index contributed by atoms with van der Waals surface area (Å²) in [5, 5.41) is 18.9. The first kappa shape index (κ1) is 18.9. The van der Waals surface area contributed by atoms with Gasteiger partial charge in [-0.25, -0.2) is 9.97 Å². The number of nitrogens with one attached hydrogen (secondary N) is 1. The maximum atomic E-state index is 11.1. The molecule has 3 aromatic rings. The zero-order valence-corrected chi connectivity index (χ0v) is 16.4. The largest absolute Gasteiger partial charge is 0.367 e. The topological polar surface area (TPSA) is 102 Å². The number of aryl methyl sites for hydroxylation is 2. The number of hydrogen-bond acceptors (Lipinski definition) is 7. The molecule has 0 amide bonds. The zero-order chi connectivity index (χ0) is 20.4. The van der Waals surface area contributed by atoms with Crippen LogP contribution in [0.2, 0.25) is 0 Å². The second kappa shape index (κ2) is 7.86. The Hall–Kier alpha value is -3.49. The number of aromatic nitrogens is 4.